The normalized spacial score (nSPS) is 15.2. The van der Waals surface area contributed by atoms with Crippen LogP contribution >= 0.6 is 0 Å². The highest BCUT2D eigenvalue weighted by Gasteiger charge is 2.43. The number of nitrogen functional groups attached to an aromatic ring is 1. The molecule has 0 atom stereocenters. The predicted molar refractivity (Wildman–Crippen MR) is 69.3 cm³/mol. The van der Waals surface area contributed by atoms with Gasteiger partial charge in [-0.3, -0.25) is 0 Å². The van der Waals surface area contributed by atoms with Crippen molar-refractivity contribution < 1.29 is 18.3 Å². The highest BCUT2D eigenvalue weighted by Crippen LogP contribution is 2.42. The lowest BCUT2D eigenvalue weighted by atomic mass is 10.2. The van der Waals surface area contributed by atoms with E-state index in [1.165, 1.54) is 12.1 Å². The Labute approximate surface area is 113 Å². The number of pyridine rings is 1. The van der Waals surface area contributed by atoms with Crippen molar-refractivity contribution in [2.24, 2.45) is 0 Å². The van der Waals surface area contributed by atoms with Gasteiger partial charge < -0.3 is 20.5 Å². The minimum Gasteiger partial charge on any atom is -0.396 e. The van der Waals surface area contributed by atoms with Crippen LogP contribution in [0.2, 0.25) is 0 Å². The van der Waals surface area contributed by atoms with Crippen molar-refractivity contribution in [1.29, 1.82) is 0 Å². The maximum atomic E-state index is 12.9. The Hall–Kier alpha value is -2.57. The minimum atomic E-state index is -3.62. The first-order valence-electron chi connectivity index (χ1n) is 5.82. The fraction of sp³-hybridized carbons (Fsp3) is 0.154. The van der Waals surface area contributed by atoms with E-state index in [4.69, 9.17) is 5.73 Å². The Morgan fingerprint density at radius 2 is 1.95 bits per heavy atom. The summed E-state index contributed by atoms with van der Waals surface area (Å²) in [5.74, 6) is 0.400. The lowest BCUT2D eigenvalue weighted by Crippen LogP contribution is -2.25. The zero-order chi connectivity index (χ0) is 14.3. The molecule has 0 unspecified atom stereocenters. The van der Waals surface area contributed by atoms with Gasteiger partial charge in [0.25, 0.3) is 0 Å². The van der Waals surface area contributed by atoms with Gasteiger partial charge in [0.05, 0.1) is 5.69 Å². The molecule has 1 aromatic carbocycles. The molecule has 0 amide bonds. The molecule has 0 bridgehead atoms. The van der Waals surface area contributed by atoms with Crippen LogP contribution in [-0.4, -0.2) is 11.3 Å². The first-order valence-corrected chi connectivity index (χ1v) is 5.82. The Kier molecular flexibility index (Phi) is 2.63. The Bertz CT molecular complexity index is 677. The lowest BCUT2D eigenvalue weighted by Gasteiger charge is -2.09. The minimum absolute atomic E-state index is 0.00890. The molecule has 20 heavy (non-hydrogen) atoms. The average molecular weight is 279 g/mol. The summed E-state index contributed by atoms with van der Waals surface area (Å²) in [5.41, 5.74) is 7.74. The van der Waals surface area contributed by atoms with E-state index in [2.05, 4.69) is 19.8 Å². The third-order valence-corrected chi connectivity index (χ3v) is 2.72. The van der Waals surface area contributed by atoms with Gasteiger partial charge in [-0.25, -0.2) is 4.98 Å². The number of nitrogens with zero attached hydrogens (tertiary/aromatic N) is 1. The molecule has 5 nitrogen and oxygen atoms in total. The quantitative estimate of drug-likeness (QED) is 0.884. The van der Waals surface area contributed by atoms with Crippen LogP contribution in [0, 0.1) is 6.92 Å². The molecule has 7 heteroatoms. The number of hydrogen-bond donors (Lipinski definition) is 2. The van der Waals surface area contributed by atoms with Crippen molar-refractivity contribution in [3.63, 3.8) is 0 Å². The highest BCUT2D eigenvalue weighted by atomic mass is 19.3. The second-order valence-electron chi connectivity index (χ2n) is 4.40. The third kappa shape index (κ3) is 2.29. The lowest BCUT2D eigenvalue weighted by molar-refractivity contribution is -0.286. The SMILES string of the molecule is Cc1cnc(Nc2ccc3c(c2)OC(F)(F)O3)c(N)c1. The van der Waals surface area contributed by atoms with Crippen LogP contribution in [-0.2, 0) is 0 Å². The van der Waals surface area contributed by atoms with E-state index in [0.717, 1.165) is 5.56 Å². The maximum Gasteiger partial charge on any atom is 0.586 e. The summed E-state index contributed by atoms with van der Waals surface area (Å²) in [7, 11) is 0. The molecule has 3 rings (SSSR count). The molecular weight excluding hydrogens is 268 g/mol. The molecule has 0 spiro atoms. The number of benzene rings is 1. The van der Waals surface area contributed by atoms with Gasteiger partial charge in [0.2, 0.25) is 0 Å². The number of hydrogen-bond acceptors (Lipinski definition) is 5. The molecule has 2 aromatic rings. The summed E-state index contributed by atoms with van der Waals surface area (Å²) in [6.07, 6.45) is -1.97. The van der Waals surface area contributed by atoms with Crippen molar-refractivity contribution in [2.45, 2.75) is 13.2 Å². The van der Waals surface area contributed by atoms with Crippen molar-refractivity contribution in [3.05, 3.63) is 36.0 Å². The molecule has 0 fully saturated rings. The monoisotopic (exact) mass is 279 g/mol. The topological polar surface area (TPSA) is 69.4 Å². The molecular formula is C13H11F2N3O2. The van der Waals surface area contributed by atoms with Crippen molar-refractivity contribution >= 4 is 17.2 Å². The summed E-state index contributed by atoms with van der Waals surface area (Å²) >= 11 is 0. The molecule has 2 heterocycles. The number of nitrogens with one attached hydrogen (secondary N) is 1. The van der Waals surface area contributed by atoms with E-state index in [1.807, 2.05) is 6.92 Å². The van der Waals surface area contributed by atoms with Crippen molar-refractivity contribution in [3.8, 4) is 11.5 Å². The zero-order valence-corrected chi connectivity index (χ0v) is 10.5. The molecule has 0 radical (unpaired) electrons. The first kappa shape index (κ1) is 12.5. The summed E-state index contributed by atoms with van der Waals surface area (Å²) < 4.78 is 34.5. The summed E-state index contributed by atoms with van der Waals surface area (Å²) in [6, 6.07) is 6.13. The average Bonchev–Trinajstić information content (AvgIpc) is 2.66. The van der Waals surface area contributed by atoms with Crippen LogP contribution in [0.5, 0.6) is 11.5 Å². The third-order valence-electron chi connectivity index (χ3n) is 2.72. The maximum absolute atomic E-state index is 12.9. The first-order chi connectivity index (χ1) is 9.43. The van der Waals surface area contributed by atoms with Crippen LogP contribution < -0.4 is 20.5 Å². The molecule has 104 valence electrons. The number of fused-ring (bicyclic) bond motifs is 1. The van der Waals surface area contributed by atoms with Crippen molar-refractivity contribution in [2.75, 3.05) is 11.1 Å². The fourth-order valence-corrected chi connectivity index (χ4v) is 1.86. The van der Waals surface area contributed by atoms with Gasteiger partial charge in [-0.05, 0) is 30.7 Å². The van der Waals surface area contributed by atoms with Crippen molar-refractivity contribution in [1.82, 2.24) is 4.98 Å². The number of aromatic nitrogens is 1. The van der Waals surface area contributed by atoms with Gasteiger partial charge in [0.1, 0.15) is 0 Å². The van der Waals surface area contributed by atoms with Gasteiger partial charge in [0.15, 0.2) is 17.3 Å². The van der Waals surface area contributed by atoms with Gasteiger partial charge >= 0.3 is 6.29 Å². The van der Waals surface area contributed by atoms with E-state index < -0.39 is 6.29 Å². The molecule has 0 aliphatic carbocycles. The van der Waals surface area contributed by atoms with E-state index in [-0.39, 0.29) is 11.5 Å². The second-order valence-corrected chi connectivity index (χ2v) is 4.40. The summed E-state index contributed by atoms with van der Waals surface area (Å²) in [6.45, 7) is 1.87. The van der Waals surface area contributed by atoms with Crippen LogP contribution in [0.4, 0.5) is 26.0 Å². The molecule has 1 aliphatic heterocycles. The smallest absolute Gasteiger partial charge is 0.396 e. The predicted octanol–water partition coefficient (Wildman–Crippen LogP) is 3.04. The molecule has 0 saturated carbocycles. The second kappa shape index (κ2) is 4.22. The van der Waals surface area contributed by atoms with E-state index in [1.54, 1.807) is 18.3 Å². The molecule has 0 saturated heterocycles. The number of halogens is 2. The van der Waals surface area contributed by atoms with Gasteiger partial charge in [0, 0.05) is 18.0 Å². The number of rotatable bonds is 2. The number of aryl methyl sites for hydroxylation is 1. The van der Waals surface area contributed by atoms with Crippen LogP contribution in [0.15, 0.2) is 30.5 Å². The van der Waals surface area contributed by atoms with Crippen LogP contribution in [0.3, 0.4) is 0 Å². The van der Waals surface area contributed by atoms with Crippen LogP contribution in [0.1, 0.15) is 5.56 Å². The molecule has 1 aliphatic rings. The molecule has 3 N–H and O–H groups in total. The zero-order valence-electron chi connectivity index (χ0n) is 10.5. The summed E-state index contributed by atoms with van der Waals surface area (Å²) in [5, 5.41) is 2.94. The highest BCUT2D eigenvalue weighted by molar-refractivity contribution is 5.70. The Balaban J connectivity index is 1.86. The van der Waals surface area contributed by atoms with Gasteiger partial charge in [-0.2, -0.15) is 0 Å². The number of nitrogens with two attached hydrogens (primary N) is 1. The van der Waals surface area contributed by atoms with Gasteiger partial charge in [-0.15, -0.1) is 8.78 Å². The number of alkyl halides is 2. The van der Waals surface area contributed by atoms with E-state index in [0.29, 0.717) is 17.2 Å². The van der Waals surface area contributed by atoms with E-state index in [9.17, 15) is 8.78 Å². The standard InChI is InChI=1S/C13H11F2N3O2/c1-7-4-9(16)12(17-6-7)18-8-2-3-10-11(5-8)20-13(14,15)19-10/h2-6H,16H2,1H3,(H,17,18). The van der Waals surface area contributed by atoms with Crippen LogP contribution in [0.25, 0.3) is 0 Å². The molecule has 1 aromatic heterocycles. The number of ether oxygens (including phenoxy) is 2. The van der Waals surface area contributed by atoms with Gasteiger partial charge in [-0.1, -0.05) is 0 Å². The number of anilines is 3. The Morgan fingerprint density at radius 3 is 2.70 bits per heavy atom. The Morgan fingerprint density at radius 1 is 1.20 bits per heavy atom. The fourth-order valence-electron chi connectivity index (χ4n) is 1.86. The summed E-state index contributed by atoms with van der Waals surface area (Å²) in [4.78, 5) is 4.14. The van der Waals surface area contributed by atoms with E-state index >= 15 is 0 Å². The largest absolute Gasteiger partial charge is 0.586 e.